The first-order valence-electron chi connectivity index (χ1n) is 12.6. The molecule has 1 aliphatic heterocycles. The van der Waals surface area contributed by atoms with Gasteiger partial charge in [0.25, 0.3) is 5.56 Å². The summed E-state index contributed by atoms with van der Waals surface area (Å²) in [6, 6.07) is 16.1. The maximum Gasteiger partial charge on any atom is 0.331 e. The van der Waals surface area contributed by atoms with Crippen molar-refractivity contribution in [3.63, 3.8) is 0 Å². The fourth-order valence-corrected chi connectivity index (χ4v) is 6.43. The molecule has 9 nitrogen and oxygen atoms in total. The molecule has 0 unspecified atom stereocenters. The maximum absolute atomic E-state index is 13.3. The second-order valence-corrected chi connectivity index (χ2v) is 11.9. The zero-order chi connectivity index (χ0) is 27.0. The van der Waals surface area contributed by atoms with Crippen LogP contribution in [0, 0.1) is 0 Å². The lowest BCUT2D eigenvalue weighted by Gasteiger charge is -2.34. The normalized spacial score (nSPS) is 15.3. The minimum Gasteiger partial charge on any atom is -0.349 e. The highest BCUT2D eigenvalue weighted by Crippen LogP contribution is 2.25. The van der Waals surface area contributed by atoms with E-state index >= 15 is 0 Å². The van der Waals surface area contributed by atoms with Crippen molar-refractivity contribution >= 4 is 32.7 Å². The number of hydrogen-bond acceptors (Lipinski definition) is 5. The monoisotopic (exact) mass is 555 g/mol. The van der Waals surface area contributed by atoms with Gasteiger partial charge in [0, 0.05) is 57.0 Å². The number of aromatic nitrogens is 3. The number of aryl methyl sites for hydroxylation is 1. The molecule has 0 aliphatic carbocycles. The van der Waals surface area contributed by atoms with Crippen molar-refractivity contribution in [3.05, 3.63) is 86.0 Å². The third-order valence-corrected chi connectivity index (χ3v) is 9.19. The maximum atomic E-state index is 13.3. The molecule has 1 aliphatic rings. The van der Waals surface area contributed by atoms with Gasteiger partial charge >= 0.3 is 5.69 Å². The van der Waals surface area contributed by atoms with Crippen LogP contribution in [-0.2, 0) is 30.2 Å². The third kappa shape index (κ3) is 4.96. The van der Waals surface area contributed by atoms with Gasteiger partial charge in [-0.1, -0.05) is 42.8 Å². The second kappa shape index (κ2) is 10.5. The second-order valence-electron chi connectivity index (χ2n) is 9.57. The smallest absolute Gasteiger partial charge is 0.331 e. The lowest BCUT2D eigenvalue weighted by molar-refractivity contribution is 0.181. The molecule has 200 valence electrons. The van der Waals surface area contributed by atoms with E-state index in [-0.39, 0.29) is 10.6 Å². The van der Waals surface area contributed by atoms with E-state index in [1.165, 1.54) is 11.4 Å². The summed E-state index contributed by atoms with van der Waals surface area (Å²) < 4.78 is 30.8. The minimum atomic E-state index is -3.64. The van der Waals surface area contributed by atoms with Crippen molar-refractivity contribution < 1.29 is 8.42 Å². The molecule has 1 saturated heterocycles. The molecule has 0 radical (unpaired) electrons. The van der Waals surface area contributed by atoms with Crippen molar-refractivity contribution in [2.75, 3.05) is 26.2 Å². The predicted molar refractivity (Wildman–Crippen MR) is 149 cm³/mol. The Morgan fingerprint density at radius 2 is 1.61 bits per heavy atom. The Balaban J connectivity index is 1.33. The largest absolute Gasteiger partial charge is 0.349 e. The molecule has 1 fully saturated rings. The highest BCUT2D eigenvalue weighted by Gasteiger charge is 2.28. The van der Waals surface area contributed by atoms with Crippen LogP contribution in [0.25, 0.3) is 22.3 Å². The van der Waals surface area contributed by atoms with E-state index in [2.05, 4.69) is 9.88 Å². The fraction of sp³-hybridized carbons (Fsp3) is 0.333. The van der Waals surface area contributed by atoms with Crippen LogP contribution in [0.4, 0.5) is 0 Å². The topological polar surface area (TPSA) is 100 Å². The van der Waals surface area contributed by atoms with Crippen LogP contribution in [0.15, 0.2) is 69.1 Å². The van der Waals surface area contributed by atoms with Gasteiger partial charge in [-0.3, -0.25) is 18.8 Å². The average molecular weight is 556 g/mol. The van der Waals surface area contributed by atoms with Crippen LogP contribution in [0.1, 0.15) is 18.9 Å². The standard InChI is InChI=1S/C27H30ClN5O4S/c1-3-12-33-24-17-23(29-25(24)26(34)30(2)27(33)35)20-6-10-22(11-7-20)38(36,37)32-15-13-31(14-16-32)18-19-4-8-21(28)9-5-19/h4-11,17,29H,3,12-16,18H2,1-2H3. The van der Waals surface area contributed by atoms with Gasteiger partial charge < -0.3 is 4.98 Å². The van der Waals surface area contributed by atoms with E-state index in [0.29, 0.717) is 54.5 Å². The minimum absolute atomic E-state index is 0.224. The van der Waals surface area contributed by atoms with E-state index in [1.54, 1.807) is 34.9 Å². The number of hydrogen-bond donors (Lipinski definition) is 1. The number of halogens is 1. The van der Waals surface area contributed by atoms with Crippen LogP contribution in [0.2, 0.25) is 5.02 Å². The third-order valence-electron chi connectivity index (χ3n) is 7.03. The van der Waals surface area contributed by atoms with E-state index in [0.717, 1.165) is 28.7 Å². The van der Waals surface area contributed by atoms with Gasteiger partial charge in [-0.2, -0.15) is 4.31 Å². The quantitative estimate of drug-likeness (QED) is 0.377. The van der Waals surface area contributed by atoms with Crippen LogP contribution in [0.5, 0.6) is 0 Å². The molecule has 0 amide bonds. The van der Waals surface area contributed by atoms with Crippen LogP contribution < -0.4 is 11.2 Å². The SMILES string of the molecule is CCCn1c(=O)n(C)c(=O)c2[nH]c(-c3ccc(S(=O)(=O)N4CCN(Cc5ccc(Cl)cc5)CC4)cc3)cc21. The zero-order valence-corrected chi connectivity index (χ0v) is 22.9. The van der Waals surface area contributed by atoms with E-state index < -0.39 is 15.6 Å². The molecule has 2 aromatic heterocycles. The van der Waals surface area contributed by atoms with E-state index in [1.807, 2.05) is 31.2 Å². The zero-order valence-electron chi connectivity index (χ0n) is 21.4. The Labute approximate surface area is 225 Å². The van der Waals surface area contributed by atoms with Gasteiger partial charge in [0.05, 0.1) is 10.4 Å². The molecular formula is C27H30ClN5O4S. The van der Waals surface area contributed by atoms with Crippen LogP contribution >= 0.6 is 11.6 Å². The van der Waals surface area contributed by atoms with Gasteiger partial charge in [-0.15, -0.1) is 0 Å². The summed E-state index contributed by atoms with van der Waals surface area (Å²) >= 11 is 5.97. The van der Waals surface area contributed by atoms with Crippen molar-refractivity contribution in [1.82, 2.24) is 23.3 Å². The molecular weight excluding hydrogens is 526 g/mol. The Kier molecular flexibility index (Phi) is 7.32. The summed E-state index contributed by atoms with van der Waals surface area (Å²) in [5.41, 5.74) is 2.66. The summed E-state index contributed by atoms with van der Waals surface area (Å²) in [7, 11) is -2.17. The molecule has 1 N–H and O–H groups in total. The number of nitrogens with zero attached hydrogens (tertiary/aromatic N) is 4. The van der Waals surface area contributed by atoms with E-state index in [9.17, 15) is 18.0 Å². The van der Waals surface area contributed by atoms with E-state index in [4.69, 9.17) is 11.6 Å². The van der Waals surface area contributed by atoms with Crippen molar-refractivity contribution in [2.24, 2.45) is 7.05 Å². The van der Waals surface area contributed by atoms with Crippen LogP contribution in [-0.4, -0.2) is 57.9 Å². The molecule has 0 bridgehead atoms. The highest BCUT2D eigenvalue weighted by molar-refractivity contribution is 7.89. The summed E-state index contributed by atoms with van der Waals surface area (Å²) in [5.74, 6) is 0. The fourth-order valence-electron chi connectivity index (χ4n) is 4.89. The molecule has 3 heterocycles. The van der Waals surface area contributed by atoms with Gasteiger partial charge in [-0.25, -0.2) is 13.2 Å². The molecule has 5 rings (SSSR count). The van der Waals surface area contributed by atoms with Crippen LogP contribution in [0.3, 0.4) is 0 Å². The number of aromatic amines is 1. The summed E-state index contributed by atoms with van der Waals surface area (Å²) in [6.07, 6.45) is 0.746. The number of nitrogens with one attached hydrogen (secondary N) is 1. The van der Waals surface area contributed by atoms with Crippen molar-refractivity contribution in [2.45, 2.75) is 31.3 Å². The molecule has 4 aromatic rings. The number of benzene rings is 2. The van der Waals surface area contributed by atoms with Gasteiger partial charge in [0.2, 0.25) is 10.0 Å². The van der Waals surface area contributed by atoms with Crippen molar-refractivity contribution in [3.8, 4) is 11.3 Å². The first-order valence-corrected chi connectivity index (χ1v) is 14.4. The molecule has 11 heteroatoms. The Morgan fingerprint density at radius 3 is 2.24 bits per heavy atom. The molecule has 0 atom stereocenters. The summed E-state index contributed by atoms with van der Waals surface area (Å²) in [6.45, 7) is 5.32. The Hall–Kier alpha value is -3.18. The number of rotatable bonds is 7. The molecule has 38 heavy (non-hydrogen) atoms. The van der Waals surface area contributed by atoms with Gasteiger partial charge in [-0.05, 0) is 47.9 Å². The molecule has 0 spiro atoms. The first-order chi connectivity index (χ1) is 18.2. The van der Waals surface area contributed by atoms with Gasteiger partial charge in [0.15, 0.2) is 0 Å². The number of sulfonamides is 1. The van der Waals surface area contributed by atoms with Crippen molar-refractivity contribution in [1.29, 1.82) is 0 Å². The summed E-state index contributed by atoms with van der Waals surface area (Å²) in [5, 5.41) is 0.696. The lowest BCUT2D eigenvalue weighted by atomic mass is 10.1. The summed E-state index contributed by atoms with van der Waals surface area (Å²) in [4.78, 5) is 30.9. The number of fused-ring (bicyclic) bond motifs is 1. The highest BCUT2D eigenvalue weighted by atomic mass is 35.5. The molecule has 0 saturated carbocycles. The first kappa shape index (κ1) is 26.4. The van der Waals surface area contributed by atoms with Gasteiger partial charge in [0.1, 0.15) is 5.52 Å². The number of H-pyrrole nitrogens is 1. The average Bonchev–Trinajstić information content (AvgIpc) is 3.37. The Bertz CT molecular complexity index is 1680. The Morgan fingerprint density at radius 1 is 0.947 bits per heavy atom. The molecule has 2 aromatic carbocycles. The predicted octanol–water partition coefficient (Wildman–Crippen LogP) is 3.27. The lowest BCUT2D eigenvalue weighted by Crippen LogP contribution is -2.48. The number of piperazine rings is 1.